The number of benzene rings is 1. The molecular formula is C17H27NO2. The highest BCUT2D eigenvalue weighted by Gasteiger charge is 2.22. The molecule has 1 aliphatic heterocycles. The molecule has 1 heterocycles. The van der Waals surface area contributed by atoms with Crippen molar-refractivity contribution >= 4 is 0 Å². The highest BCUT2D eigenvalue weighted by atomic mass is 16.5. The number of nitrogens with one attached hydrogen (secondary N) is 1. The predicted molar refractivity (Wildman–Crippen MR) is 82.5 cm³/mol. The van der Waals surface area contributed by atoms with Crippen LogP contribution in [-0.2, 0) is 13.0 Å². The van der Waals surface area contributed by atoms with Crippen LogP contribution in [0.25, 0.3) is 0 Å². The lowest BCUT2D eigenvalue weighted by atomic mass is 10.0. The van der Waals surface area contributed by atoms with Gasteiger partial charge in [0.1, 0.15) is 17.6 Å². The minimum Gasteiger partial charge on any atom is -0.496 e. The van der Waals surface area contributed by atoms with E-state index in [1.165, 1.54) is 17.5 Å². The summed E-state index contributed by atoms with van der Waals surface area (Å²) in [6.45, 7) is 9.68. The summed E-state index contributed by atoms with van der Waals surface area (Å²) in [7, 11) is 1.74. The maximum atomic E-state index is 5.84. The molecule has 0 radical (unpaired) electrons. The van der Waals surface area contributed by atoms with Crippen LogP contribution in [0.15, 0.2) is 12.1 Å². The van der Waals surface area contributed by atoms with Crippen LogP contribution in [0.1, 0.15) is 45.2 Å². The van der Waals surface area contributed by atoms with Gasteiger partial charge in [-0.15, -0.1) is 0 Å². The Bertz CT molecular complexity index is 459. The molecule has 20 heavy (non-hydrogen) atoms. The van der Waals surface area contributed by atoms with Gasteiger partial charge in [-0.3, -0.25) is 0 Å². The normalized spacial score (nSPS) is 20.1. The van der Waals surface area contributed by atoms with Crippen LogP contribution in [0.3, 0.4) is 0 Å². The van der Waals surface area contributed by atoms with Gasteiger partial charge in [-0.25, -0.2) is 0 Å². The number of hydrogen-bond donors (Lipinski definition) is 1. The highest BCUT2D eigenvalue weighted by molar-refractivity contribution is 5.48. The van der Waals surface area contributed by atoms with E-state index >= 15 is 0 Å². The molecule has 0 aromatic heterocycles. The molecule has 0 saturated carbocycles. The van der Waals surface area contributed by atoms with Crippen molar-refractivity contribution in [3.05, 3.63) is 23.3 Å². The fraction of sp³-hybridized carbons (Fsp3) is 0.647. The van der Waals surface area contributed by atoms with E-state index in [0.717, 1.165) is 24.5 Å². The Morgan fingerprint density at radius 3 is 2.80 bits per heavy atom. The third kappa shape index (κ3) is 3.26. The number of rotatable bonds is 6. The lowest BCUT2D eigenvalue weighted by Gasteiger charge is -2.21. The zero-order valence-corrected chi connectivity index (χ0v) is 13.3. The first-order valence-electron chi connectivity index (χ1n) is 7.65. The summed E-state index contributed by atoms with van der Waals surface area (Å²) >= 11 is 0. The Kier molecular flexibility index (Phi) is 4.92. The Hall–Kier alpha value is -1.22. The van der Waals surface area contributed by atoms with Gasteiger partial charge in [0.25, 0.3) is 0 Å². The van der Waals surface area contributed by atoms with Gasteiger partial charge in [-0.2, -0.15) is 0 Å². The van der Waals surface area contributed by atoms with Crippen LogP contribution in [0, 0.1) is 5.92 Å². The molecule has 1 aromatic carbocycles. The van der Waals surface area contributed by atoms with Gasteiger partial charge < -0.3 is 14.8 Å². The van der Waals surface area contributed by atoms with E-state index in [9.17, 15) is 0 Å². The number of fused-ring (bicyclic) bond motifs is 1. The minimum atomic E-state index is 0.275. The summed E-state index contributed by atoms with van der Waals surface area (Å²) in [5, 5.41) is 3.59. The summed E-state index contributed by atoms with van der Waals surface area (Å²) in [5.74, 6) is 2.66. The van der Waals surface area contributed by atoms with E-state index < -0.39 is 0 Å². The molecule has 3 atom stereocenters. The molecule has 0 spiro atoms. The molecular weight excluding hydrogens is 250 g/mol. The quantitative estimate of drug-likeness (QED) is 0.862. The van der Waals surface area contributed by atoms with Gasteiger partial charge in [-0.05, 0) is 31.9 Å². The summed E-state index contributed by atoms with van der Waals surface area (Å²) < 4.78 is 11.4. The second-order valence-corrected chi connectivity index (χ2v) is 5.96. The third-order valence-corrected chi connectivity index (χ3v) is 4.41. The van der Waals surface area contributed by atoms with Crippen LogP contribution >= 0.6 is 0 Å². The average Bonchev–Trinajstić information content (AvgIpc) is 2.81. The van der Waals surface area contributed by atoms with Crippen molar-refractivity contribution in [3.63, 3.8) is 0 Å². The largest absolute Gasteiger partial charge is 0.496 e. The molecule has 3 heteroatoms. The van der Waals surface area contributed by atoms with Gasteiger partial charge in [0.05, 0.1) is 7.11 Å². The second kappa shape index (κ2) is 6.49. The van der Waals surface area contributed by atoms with Gasteiger partial charge in [-0.1, -0.05) is 20.3 Å². The lowest BCUT2D eigenvalue weighted by molar-refractivity contribution is 0.254. The van der Waals surface area contributed by atoms with Gasteiger partial charge >= 0.3 is 0 Å². The zero-order chi connectivity index (χ0) is 14.7. The first-order chi connectivity index (χ1) is 9.55. The molecule has 3 unspecified atom stereocenters. The standard InChI is InChI=1S/C17H27NO2/c1-6-11(2)13(4)18-10-15-9-17-14(7-12(3)20-17)8-16(15)19-5/h8-9,11-13,18H,6-7,10H2,1-5H3. The molecule has 2 rings (SSSR count). The minimum absolute atomic E-state index is 0.275. The van der Waals surface area contributed by atoms with Crippen molar-refractivity contribution in [2.24, 2.45) is 5.92 Å². The van der Waals surface area contributed by atoms with Crippen LogP contribution in [0.4, 0.5) is 0 Å². The monoisotopic (exact) mass is 277 g/mol. The number of hydrogen-bond acceptors (Lipinski definition) is 3. The van der Waals surface area contributed by atoms with E-state index in [4.69, 9.17) is 9.47 Å². The smallest absolute Gasteiger partial charge is 0.123 e. The third-order valence-electron chi connectivity index (χ3n) is 4.41. The lowest BCUT2D eigenvalue weighted by Crippen LogP contribution is -2.31. The van der Waals surface area contributed by atoms with Crippen LogP contribution in [0.2, 0.25) is 0 Å². The van der Waals surface area contributed by atoms with E-state index in [-0.39, 0.29) is 6.10 Å². The fourth-order valence-corrected chi connectivity index (χ4v) is 2.64. The van der Waals surface area contributed by atoms with Crippen molar-refractivity contribution in [2.45, 2.75) is 59.2 Å². The van der Waals surface area contributed by atoms with Crippen LogP contribution < -0.4 is 14.8 Å². The highest BCUT2D eigenvalue weighted by Crippen LogP contribution is 2.35. The molecule has 1 aromatic rings. The molecule has 1 N–H and O–H groups in total. The Morgan fingerprint density at radius 2 is 2.15 bits per heavy atom. The Morgan fingerprint density at radius 1 is 1.40 bits per heavy atom. The molecule has 0 fully saturated rings. The molecule has 3 nitrogen and oxygen atoms in total. The molecule has 1 aliphatic rings. The van der Waals surface area contributed by atoms with Crippen LogP contribution in [-0.4, -0.2) is 19.3 Å². The van der Waals surface area contributed by atoms with E-state index in [1.54, 1.807) is 7.11 Å². The fourth-order valence-electron chi connectivity index (χ4n) is 2.64. The van der Waals surface area contributed by atoms with Gasteiger partial charge in [0.2, 0.25) is 0 Å². The Labute approximate surface area is 122 Å². The molecule has 0 aliphatic carbocycles. The predicted octanol–water partition coefficient (Wildman–Crippen LogP) is 3.54. The van der Waals surface area contributed by atoms with Crippen molar-refractivity contribution in [3.8, 4) is 11.5 Å². The molecule has 0 saturated heterocycles. The van der Waals surface area contributed by atoms with Crippen molar-refractivity contribution in [1.82, 2.24) is 5.32 Å². The first-order valence-corrected chi connectivity index (χ1v) is 7.65. The van der Waals surface area contributed by atoms with E-state index in [0.29, 0.717) is 12.0 Å². The topological polar surface area (TPSA) is 30.5 Å². The molecule has 0 amide bonds. The van der Waals surface area contributed by atoms with Gasteiger partial charge in [0, 0.05) is 30.1 Å². The van der Waals surface area contributed by atoms with Gasteiger partial charge in [0.15, 0.2) is 0 Å². The van der Waals surface area contributed by atoms with E-state index in [1.807, 2.05) is 0 Å². The van der Waals surface area contributed by atoms with Crippen LogP contribution in [0.5, 0.6) is 11.5 Å². The molecule has 112 valence electrons. The maximum absolute atomic E-state index is 5.84. The first kappa shape index (κ1) is 15.2. The number of ether oxygens (including phenoxy) is 2. The summed E-state index contributed by atoms with van der Waals surface area (Å²) in [5.41, 5.74) is 2.43. The molecule has 0 bridgehead atoms. The summed E-state index contributed by atoms with van der Waals surface area (Å²) in [4.78, 5) is 0. The van der Waals surface area contributed by atoms with Crippen molar-refractivity contribution in [1.29, 1.82) is 0 Å². The second-order valence-electron chi connectivity index (χ2n) is 5.96. The maximum Gasteiger partial charge on any atom is 0.123 e. The Balaban J connectivity index is 2.10. The SMILES string of the molecule is CCC(C)C(C)NCc1cc2c(cc1OC)CC(C)O2. The van der Waals surface area contributed by atoms with Crippen molar-refractivity contribution < 1.29 is 9.47 Å². The summed E-state index contributed by atoms with van der Waals surface area (Å²) in [6, 6.07) is 4.76. The number of methoxy groups -OCH3 is 1. The average molecular weight is 277 g/mol. The van der Waals surface area contributed by atoms with Crippen molar-refractivity contribution in [2.75, 3.05) is 7.11 Å². The zero-order valence-electron chi connectivity index (χ0n) is 13.3. The van der Waals surface area contributed by atoms with E-state index in [2.05, 4.69) is 45.1 Å². The summed E-state index contributed by atoms with van der Waals surface area (Å²) in [6.07, 6.45) is 2.44.